The Kier molecular flexibility index (Phi) is 5.35. The van der Waals surface area contributed by atoms with E-state index < -0.39 is 22.5 Å². The number of para-hydroxylation sites is 1. The number of ether oxygens (including phenoxy) is 2. The van der Waals surface area contributed by atoms with Gasteiger partial charge in [0.05, 0.1) is 28.8 Å². The molecule has 11 heteroatoms. The smallest absolute Gasteiger partial charge is 0.338 e. The van der Waals surface area contributed by atoms with Crippen molar-refractivity contribution in [2.75, 3.05) is 7.11 Å². The van der Waals surface area contributed by atoms with Gasteiger partial charge in [-0.05, 0) is 28.6 Å². The van der Waals surface area contributed by atoms with E-state index in [4.69, 9.17) is 4.74 Å². The highest BCUT2D eigenvalue weighted by Crippen LogP contribution is 2.19. The first kappa shape index (κ1) is 18.6. The van der Waals surface area contributed by atoms with Crippen LogP contribution in [-0.4, -0.2) is 44.2 Å². The second kappa shape index (κ2) is 8.03. The molecule has 0 fully saturated rings. The lowest BCUT2D eigenvalue weighted by molar-refractivity contribution is -0.384. The van der Waals surface area contributed by atoms with Crippen molar-refractivity contribution in [1.29, 1.82) is 0 Å². The predicted molar refractivity (Wildman–Crippen MR) is 92.7 cm³/mol. The number of hydrogen-bond acceptors (Lipinski definition) is 9. The third-order valence-corrected chi connectivity index (χ3v) is 3.65. The molecule has 0 spiro atoms. The van der Waals surface area contributed by atoms with Crippen LogP contribution in [0.25, 0.3) is 5.69 Å². The van der Waals surface area contributed by atoms with Gasteiger partial charge in [-0.2, -0.15) is 4.68 Å². The van der Waals surface area contributed by atoms with Crippen molar-refractivity contribution in [3.8, 4) is 5.69 Å². The minimum Gasteiger partial charge on any atom is -0.465 e. The van der Waals surface area contributed by atoms with Gasteiger partial charge in [-0.1, -0.05) is 18.2 Å². The number of rotatable bonds is 6. The number of hydrogen-bond donors (Lipinski definition) is 0. The van der Waals surface area contributed by atoms with Crippen molar-refractivity contribution >= 4 is 17.6 Å². The summed E-state index contributed by atoms with van der Waals surface area (Å²) in [4.78, 5) is 34.4. The number of benzene rings is 2. The summed E-state index contributed by atoms with van der Waals surface area (Å²) in [6.07, 6.45) is 0. The van der Waals surface area contributed by atoms with Gasteiger partial charge in [-0.25, -0.2) is 9.59 Å². The highest BCUT2D eigenvalue weighted by Gasteiger charge is 2.20. The number of nitro groups is 1. The lowest BCUT2D eigenvalue weighted by Crippen LogP contribution is -2.11. The van der Waals surface area contributed by atoms with Crippen molar-refractivity contribution in [3.63, 3.8) is 0 Å². The molecule has 0 aliphatic rings. The van der Waals surface area contributed by atoms with E-state index in [0.29, 0.717) is 5.69 Å². The molecular weight excluding hydrogens is 370 g/mol. The van der Waals surface area contributed by atoms with Crippen LogP contribution in [0.2, 0.25) is 0 Å². The van der Waals surface area contributed by atoms with E-state index in [1.807, 2.05) is 6.07 Å². The Labute approximate surface area is 157 Å². The van der Waals surface area contributed by atoms with E-state index in [-0.39, 0.29) is 23.6 Å². The summed E-state index contributed by atoms with van der Waals surface area (Å²) in [5.41, 5.74) is -0.0862. The second-order valence-electron chi connectivity index (χ2n) is 5.44. The quantitative estimate of drug-likeness (QED) is 0.353. The number of aromatic nitrogens is 4. The highest BCUT2D eigenvalue weighted by atomic mass is 16.6. The molecule has 1 heterocycles. The lowest BCUT2D eigenvalue weighted by Gasteiger charge is -2.07. The van der Waals surface area contributed by atoms with E-state index in [1.165, 1.54) is 4.68 Å². The largest absolute Gasteiger partial charge is 0.465 e. The molecule has 0 saturated heterocycles. The molecular formula is C17H13N5O6. The Morgan fingerprint density at radius 1 is 1.11 bits per heavy atom. The molecule has 0 saturated carbocycles. The Hall–Kier alpha value is -4.15. The maximum absolute atomic E-state index is 12.4. The third kappa shape index (κ3) is 3.98. The van der Waals surface area contributed by atoms with Gasteiger partial charge in [0.25, 0.3) is 5.69 Å². The molecule has 0 aliphatic carbocycles. The molecule has 0 radical (unpaired) electrons. The van der Waals surface area contributed by atoms with Gasteiger partial charge < -0.3 is 9.47 Å². The first-order valence-corrected chi connectivity index (χ1v) is 7.87. The van der Waals surface area contributed by atoms with Gasteiger partial charge in [-0.3, -0.25) is 10.1 Å². The van der Waals surface area contributed by atoms with E-state index in [0.717, 1.165) is 25.3 Å². The number of carbonyl (C=O) groups excluding carboxylic acids is 2. The number of nitro benzene ring substituents is 1. The fraction of sp³-hybridized carbons (Fsp3) is 0.118. The zero-order valence-corrected chi connectivity index (χ0v) is 14.5. The van der Waals surface area contributed by atoms with Crippen molar-refractivity contribution < 1.29 is 24.0 Å². The normalized spacial score (nSPS) is 10.3. The minimum absolute atomic E-state index is 0.141. The molecule has 11 nitrogen and oxygen atoms in total. The van der Waals surface area contributed by atoms with Crippen molar-refractivity contribution in [1.82, 2.24) is 20.2 Å². The SMILES string of the molecule is COC(=O)c1cc(C(=O)OCc2nnnn2-c2ccccc2)cc([N+](=O)[O-])c1. The minimum atomic E-state index is -0.878. The van der Waals surface area contributed by atoms with Crippen LogP contribution in [-0.2, 0) is 16.1 Å². The van der Waals surface area contributed by atoms with Crippen LogP contribution in [0.5, 0.6) is 0 Å². The first-order valence-electron chi connectivity index (χ1n) is 7.87. The van der Waals surface area contributed by atoms with Gasteiger partial charge in [0.15, 0.2) is 12.4 Å². The van der Waals surface area contributed by atoms with Gasteiger partial charge in [0, 0.05) is 12.1 Å². The first-order chi connectivity index (χ1) is 13.5. The highest BCUT2D eigenvalue weighted by molar-refractivity contribution is 5.96. The fourth-order valence-corrected chi connectivity index (χ4v) is 2.35. The molecule has 1 aromatic heterocycles. The summed E-state index contributed by atoms with van der Waals surface area (Å²) in [5.74, 6) is -1.44. The van der Waals surface area contributed by atoms with Gasteiger partial charge in [0.1, 0.15) is 0 Å². The molecule has 0 bridgehead atoms. The lowest BCUT2D eigenvalue weighted by atomic mass is 10.1. The van der Waals surface area contributed by atoms with Gasteiger partial charge in [0.2, 0.25) is 0 Å². The average molecular weight is 383 g/mol. The Morgan fingerprint density at radius 3 is 2.43 bits per heavy atom. The molecule has 3 rings (SSSR count). The van der Waals surface area contributed by atoms with Crippen molar-refractivity contribution in [2.24, 2.45) is 0 Å². The van der Waals surface area contributed by atoms with Gasteiger partial charge >= 0.3 is 11.9 Å². The van der Waals surface area contributed by atoms with Crippen molar-refractivity contribution in [3.05, 3.63) is 75.6 Å². The number of carbonyl (C=O) groups is 2. The Balaban J connectivity index is 1.81. The van der Waals surface area contributed by atoms with E-state index in [2.05, 4.69) is 20.3 Å². The molecule has 0 aliphatic heterocycles. The molecule has 2 aromatic carbocycles. The zero-order valence-electron chi connectivity index (χ0n) is 14.5. The summed E-state index contributed by atoms with van der Waals surface area (Å²) in [7, 11) is 1.13. The standard InChI is InChI=1S/C17H13N5O6/c1-27-16(23)11-7-12(9-14(8-11)22(25)26)17(24)28-10-15-18-19-20-21(15)13-5-3-2-4-6-13/h2-9H,10H2,1H3. The molecule has 3 aromatic rings. The summed E-state index contributed by atoms with van der Waals surface area (Å²) in [6, 6.07) is 12.1. The molecule has 142 valence electrons. The Bertz CT molecular complexity index is 1030. The predicted octanol–water partition coefficient (Wildman–Crippen LogP) is 1.71. The molecule has 28 heavy (non-hydrogen) atoms. The molecule has 0 unspecified atom stereocenters. The third-order valence-electron chi connectivity index (χ3n) is 3.65. The number of methoxy groups -OCH3 is 1. The fourth-order valence-electron chi connectivity index (χ4n) is 2.35. The van der Waals surface area contributed by atoms with Crippen LogP contribution in [0.1, 0.15) is 26.5 Å². The number of non-ortho nitro benzene ring substituents is 1. The van der Waals surface area contributed by atoms with Gasteiger partial charge in [-0.15, -0.1) is 5.10 Å². The number of esters is 2. The number of nitrogens with zero attached hydrogens (tertiary/aromatic N) is 5. The van der Waals surface area contributed by atoms with Crippen LogP contribution in [0.15, 0.2) is 48.5 Å². The van der Waals surface area contributed by atoms with Crippen LogP contribution in [0, 0.1) is 10.1 Å². The second-order valence-corrected chi connectivity index (χ2v) is 5.44. The van der Waals surface area contributed by atoms with Crippen LogP contribution >= 0.6 is 0 Å². The molecule has 0 amide bonds. The average Bonchev–Trinajstić information content (AvgIpc) is 3.20. The van der Waals surface area contributed by atoms with Crippen LogP contribution in [0.4, 0.5) is 5.69 Å². The van der Waals surface area contributed by atoms with E-state index in [1.54, 1.807) is 24.3 Å². The number of tetrazole rings is 1. The topological polar surface area (TPSA) is 139 Å². The summed E-state index contributed by atoms with van der Waals surface area (Å²) in [5, 5.41) is 22.3. The monoisotopic (exact) mass is 383 g/mol. The van der Waals surface area contributed by atoms with E-state index in [9.17, 15) is 19.7 Å². The Morgan fingerprint density at radius 2 is 1.79 bits per heavy atom. The summed E-state index contributed by atoms with van der Waals surface area (Å²) in [6.45, 7) is -0.281. The molecule has 0 N–H and O–H groups in total. The summed E-state index contributed by atoms with van der Waals surface area (Å²) >= 11 is 0. The van der Waals surface area contributed by atoms with E-state index >= 15 is 0 Å². The zero-order chi connectivity index (χ0) is 20.1. The maximum atomic E-state index is 12.4. The van der Waals surface area contributed by atoms with Crippen molar-refractivity contribution in [2.45, 2.75) is 6.61 Å². The van der Waals surface area contributed by atoms with Crippen LogP contribution in [0.3, 0.4) is 0 Å². The summed E-state index contributed by atoms with van der Waals surface area (Å²) < 4.78 is 11.1. The maximum Gasteiger partial charge on any atom is 0.338 e. The molecule has 0 atom stereocenters. The van der Waals surface area contributed by atoms with Crippen LogP contribution < -0.4 is 0 Å².